The van der Waals surface area contributed by atoms with E-state index in [0.29, 0.717) is 22.9 Å². The highest BCUT2D eigenvalue weighted by Gasteiger charge is 2.22. The van der Waals surface area contributed by atoms with Crippen molar-refractivity contribution in [3.05, 3.63) is 63.9 Å². The van der Waals surface area contributed by atoms with Crippen molar-refractivity contribution >= 4 is 23.5 Å². The van der Waals surface area contributed by atoms with E-state index in [1.165, 1.54) is 0 Å². The smallest absolute Gasteiger partial charge is 0.189 e. The number of aryl methyl sites for hydroxylation is 1. The van der Waals surface area contributed by atoms with E-state index in [-0.39, 0.29) is 5.78 Å². The summed E-state index contributed by atoms with van der Waals surface area (Å²) in [7, 11) is 1.60. The molecule has 3 rings (SSSR count). The molecule has 0 unspecified atom stereocenters. The summed E-state index contributed by atoms with van der Waals surface area (Å²) < 4.78 is 5.20. The Kier molecular flexibility index (Phi) is 3.76. The molecule has 0 saturated heterocycles. The van der Waals surface area contributed by atoms with E-state index in [0.717, 1.165) is 23.1 Å². The number of aromatic nitrogens is 1. The Hall–Kier alpha value is -2.13. The molecule has 0 N–H and O–H groups in total. The van der Waals surface area contributed by atoms with E-state index in [9.17, 15) is 4.79 Å². The van der Waals surface area contributed by atoms with Gasteiger partial charge in [-0.3, -0.25) is 4.79 Å². The van der Waals surface area contributed by atoms with Gasteiger partial charge in [-0.05, 0) is 42.7 Å². The van der Waals surface area contributed by atoms with Crippen LogP contribution in [0.4, 0.5) is 0 Å². The third-order valence-electron chi connectivity index (χ3n) is 3.63. The van der Waals surface area contributed by atoms with Crippen LogP contribution in [-0.2, 0) is 6.42 Å². The number of carbonyl (C=O) groups excluding carboxylic acids is 1. The number of benzene rings is 1. The van der Waals surface area contributed by atoms with Crippen LogP contribution in [0.1, 0.15) is 27.9 Å². The fourth-order valence-electron chi connectivity index (χ4n) is 2.50. The van der Waals surface area contributed by atoms with Crippen molar-refractivity contribution in [3.8, 4) is 5.75 Å². The molecule has 1 aromatic carbocycles. The molecule has 0 amide bonds. The summed E-state index contributed by atoms with van der Waals surface area (Å²) in [6, 6.07) is 9.31. The number of halogens is 1. The molecule has 0 aliphatic heterocycles. The fraction of sp³-hybridized carbons (Fsp3) is 0.176. The maximum absolute atomic E-state index is 12.6. The molecule has 0 bridgehead atoms. The number of nitrogens with zero attached hydrogens (tertiary/aromatic N) is 1. The maximum atomic E-state index is 12.6. The first-order valence-electron chi connectivity index (χ1n) is 6.72. The number of rotatable bonds is 2. The molecule has 0 atom stereocenters. The number of carbonyl (C=O) groups is 1. The minimum Gasteiger partial charge on any atom is -0.497 e. The maximum Gasteiger partial charge on any atom is 0.189 e. The topological polar surface area (TPSA) is 39.2 Å². The van der Waals surface area contributed by atoms with Gasteiger partial charge in [0, 0.05) is 22.9 Å². The number of Topliss-reactive ketones (excluding diaryl/α,β-unsaturated/α-hetero) is 1. The highest BCUT2D eigenvalue weighted by atomic mass is 35.5. The zero-order chi connectivity index (χ0) is 14.8. The minimum absolute atomic E-state index is 0.0371. The molecule has 0 spiro atoms. The van der Waals surface area contributed by atoms with E-state index in [1.54, 1.807) is 19.4 Å². The van der Waals surface area contributed by atoms with Gasteiger partial charge in [0.2, 0.25) is 0 Å². The summed E-state index contributed by atoms with van der Waals surface area (Å²) in [4.78, 5) is 16.6. The average Bonchev–Trinajstić information content (AvgIpc) is 2.52. The Morgan fingerprint density at radius 2 is 2.14 bits per heavy atom. The number of fused-ring (bicyclic) bond motifs is 1. The first-order chi connectivity index (χ1) is 10.2. The second-order valence-corrected chi connectivity index (χ2v) is 5.26. The predicted molar refractivity (Wildman–Crippen MR) is 82.9 cm³/mol. The van der Waals surface area contributed by atoms with Crippen molar-refractivity contribution in [2.75, 3.05) is 7.11 Å². The average molecular weight is 300 g/mol. The Bertz CT molecular complexity index is 737. The molecule has 3 nitrogen and oxygen atoms in total. The number of ether oxygens (including phenoxy) is 1. The molecule has 2 aromatic rings. The SMILES string of the molecule is COc1ccc2c(c1)C(=O)C(=Cc1cccnc1Cl)CC2. The van der Waals surface area contributed by atoms with E-state index >= 15 is 0 Å². The Labute approximate surface area is 128 Å². The van der Waals surface area contributed by atoms with Crippen molar-refractivity contribution < 1.29 is 9.53 Å². The van der Waals surface area contributed by atoms with Gasteiger partial charge in [0.1, 0.15) is 10.9 Å². The van der Waals surface area contributed by atoms with Crippen LogP contribution in [0.2, 0.25) is 5.15 Å². The van der Waals surface area contributed by atoms with Crippen molar-refractivity contribution in [2.24, 2.45) is 0 Å². The van der Waals surface area contributed by atoms with Gasteiger partial charge >= 0.3 is 0 Å². The first-order valence-corrected chi connectivity index (χ1v) is 7.09. The van der Waals surface area contributed by atoms with E-state index in [2.05, 4.69) is 4.98 Å². The summed E-state index contributed by atoms with van der Waals surface area (Å²) in [5.74, 6) is 0.734. The molecule has 0 radical (unpaired) electrons. The van der Waals surface area contributed by atoms with Crippen molar-refractivity contribution in [3.63, 3.8) is 0 Å². The number of methoxy groups -OCH3 is 1. The van der Waals surface area contributed by atoms with Crippen LogP contribution < -0.4 is 4.74 Å². The number of ketones is 1. The molecule has 106 valence electrons. The first kappa shape index (κ1) is 13.8. The zero-order valence-electron chi connectivity index (χ0n) is 11.6. The molecular formula is C17H14ClNO2. The normalized spacial score (nSPS) is 15.9. The summed E-state index contributed by atoms with van der Waals surface area (Å²) in [5, 5.41) is 0.411. The molecule has 1 aliphatic carbocycles. The van der Waals surface area contributed by atoms with Crippen LogP contribution in [0, 0.1) is 0 Å². The van der Waals surface area contributed by atoms with Crippen molar-refractivity contribution in [1.29, 1.82) is 0 Å². The number of hydrogen-bond acceptors (Lipinski definition) is 3. The highest BCUT2D eigenvalue weighted by Crippen LogP contribution is 2.30. The second-order valence-electron chi connectivity index (χ2n) is 4.91. The zero-order valence-corrected chi connectivity index (χ0v) is 12.4. The molecule has 0 saturated carbocycles. The molecule has 1 aliphatic rings. The summed E-state index contributed by atoms with van der Waals surface area (Å²) in [6.45, 7) is 0. The molecule has 1 heterocycles. The summed E-state index contributed by atoms with van der Waals surface area (Å²) in [5.41, 5.74) is 3.31. The van der Waals surface area contributed by atoms with Gasteiger partial charge in [0.15, 0.2) is 5.78 Å². The van der Waals surface area contributed by atoms with Gasteiger partial charge in [-0.1, -0.05) is 23.7 Å². The standard InChI is InChI=1S/C17H14ClNO2/c1-21-14-7-6-11-4-5-12(16(20)15(11)10-14)9-13-3-2-8-19-17(13)18/h2-3,6-10H,4-5H2,1H3. The second kappa shape index (κ2) is 5.70. The highest BCUT2D eigenvalue weighted by molar-refractivity contribution is 6.31. The van der Waals surface area contributed by atoms with E-state index < -0.39 is 0 Å². The van der Waals surface area contributed by atoms with Crippen LogP contribution in [0.15, 0.2) is 42.1 Å². The van der Waals surface area contributed by atoms with Crippen LogP contribution in [-0.4, -0.2) is 17.9 Å². The molecule has 1 aromatic heterocycles. The lowest BCUT2D eigenvalue weighted by molar-refractivity contribution is 0.102. The summed E-state index contributed by atoms with van der Waals surface area (Å²) in [6.07, 6.45) is 5.02. The lowest BCUT2D eigenvalue weighted by atomic mass is 9.86. The number of hydrogen-bond donors (Lipinski definition) is 0. The van der Waals surface area contributed by atoms with E-state index in [4.69, 9.17) is 16.3 Å². The van der Waals surface area contributed by atoms with Gasteiger partial charge in [-0.25, -0.2) is 4.98 Å². The van der Waals surface area contributed by atoms with Gasteiger partial charge in [0.05, 0.1) is 7.11 Å². The van der Waals surface area contributed by atoms with Crippen molar-refractivity contribution in [1.82, 2.24) is 4.98 Å². The summed E-state index contributed by atoms with van der Waals surface area (Å²) >= 11 is 6.05. The molecule has 4 heteroatoms. The monoisotopic (exact) mass is 299 g/mol. The Morgan fingerprint density at radius 1 is 1.29 bits per heavy atom. The molecular weight excluding hydrogens is 286 g/mol. The van der Waals surface area contributed by atoms with Gasteiger partial charge in [0.25, 0.3) is 0 Å². The Balaban J connectivity index is 2.00. The third-order valence-corrected chi connectivity index (χ3v) is 3.95. The number of pyridine rings is 1. The molecule has 0 fully saturated rings. The largest absolute Gasteiger partial charge is 0.497 e. The lowest BCUT2D eigenvalue weighted by Crippen LogP contribution is -2.14. The van der Waals surface area contributed by atoms with E-state index in [1.807, 2.05) is 30.3 Å². The lowest BCUT2D eigenvalue weighted by Gasteiger charge is -2.18. The van der Waals surface area contributed by atoms with Crippen LogP contribution in [0.5, 0.6) is 5.75 Å². The third kappa shape index (κ3) is 2.69. The van der Waals surface area contributed by atoms with Crippen LogP contribution in [0.25, 0.3) is 6.08 Å². The minimum atomic E-state index is 0.0371. The van der Waals surface area contributed by atoms with Gasteiger partial charge < -0.3 is 4.74 Å². The van der Waals surface area contributed by atoms with Crippen LogP contribution in [0.3, 0.4) is 0 Å². The molecule has 21 heavy (non-hydrogen) atoms. The van der Waals surface area contributed by atoms with Crippen LogP contribution >= 0.6 is 11.6 Å². The number of allylic oxidation sites excluding steroid dienone is 1. The van der Waals surface area contributed by atoms with Gasteiger partial charge in [-0.2, -0.15) is 0 Å². The fourth-order valence-corrected chi connectivity index (χ4v) is 2.67. The predicted octanol–water partition coefficient (Wildman–Crippen LogP) is 3.96. The Morgan fingerprint density at radius 3 is 2.90 bits per heavy atom. The quantitative estimate of drug-likeness (QED) is 0.622. The van der Waals surface area contributed by atoms with Gasteiger partial charge in [-0.15, -0.1) is 0 Å². The van der Waals surface area contributed by atoms with Crippen molar-refractivity contribution in [2.45, 2.75) is 12.8 Å².